The highest BCUT2D eigenvalue weighted by atomic mass is 16.8. The number of rotatable bonds is 3. The minimum absolute atomic E-state index is 0.229. The SMILES string of the molecule is CC(C)C1(C)OCC(C(O)C2COC(C)(C)O2)O1. The molecule has 4 unspecified atom stereocenters. The molecule has 2 fully saturated rings. The lowest BCUT2D eigenvalue weighted by Gasteiger charge is -2.29. The molecule has 0 aromatic rings. The number of hydrogen-bond donors (Lipinski definition) is 1. The average molecular weight is 260 g/mol. The fourth-order valence-corrected chi connectivity index (χ4v) is 2.21. The molecule has 2 rings (SSSR count). The summed E-state index contributed by atoms with van der Waals surface area (Å²) < 4.78 is 22.6. The second-order valence-corrected chi connectivity index (χ2v) is 6.00. The van der Waals surface area contributed by atoms with Crippen LogP contribution in [-0.4, -0.2) is 48.2 Å². The van der Waals surface area contributed by atoms with Crippen molar-refractivity contribution in [3.8, 4) is 0 Å². The molecule has 0 amide bonds. The number of hydrogen-bond acceptors (Lipinski definition) is 5. The van der Waals surface area contributed by atoms with Crippen molar-refractivity contribution in [3.63, 3.8) is 0 Å². The first kappa shape index (κ1) is 14.2. The first-order valence-electron chi connectivity index (χ1n) is 6.55. The molecule has 2 aliphatic heterocycles. The van der Waals surface area contributed by atoms with E-state index in [1.165, 1.54) is 0 Å². The van der Waals surface area contributed by atoms with E-state index >= 15 is 0 Å². The highest BCUT2D eigenvalue weighted by Crippen LogP contribution is 2.34. The molecule has 18 heavy (non-hydrogen) atoms. The van der Waals surface area contributed by atoms with E-state index in [9.17, 15) is 5.11 Å². The fraction of sp³-hybridized carbons (Fsp3) is 1.00. The number of aliphatic hydroxyl groups excluding tert-OH is 1. The Morgan fingerprint density at radius 3 is 2.00 bits per heavy atom. The van der Waals surface area contributed by atoms with Gasteiger partial charge in [0.15, 0.2) is 11.6 Å². The van der Waals surface area contributed by atoms with Crippen molar-refractivity contribution in [2.45, 2.75) is 64.5 Å². The Morgan fingerprint density at radius 2 is 1.56 bits per heavy atom. The van der Waals surface area contributed by atoms with E-state index in [2.05, 4.69) is 0 Å². The molecule has 0 aromatic carbocycles. The van der Waals surface area contributed by atoms with Crippen molar-refractivity contribution in [2.75, 3.05) is 13.2 Å². The molecule has 0 aliphatic carbocycles. The Labute approximate surface area is 108 Å². The standard InChI is InChI=1S/C13H24O5/c1-8(2)13(5)16-7-10(18-13)11(14)9-6-15-12(3,4)17-9/h8-11,14H,6-7H2,1-5H3. The van der Waals surface area contributed by atoms with Crippen LogP contribution in [0.2, 0.25) is 0 Å². The molecule has 5 heteroatoms. The van der Waals surface area contributed by atoms with Gasteiger partial charge in [0.2, 0.25) is 0 Å². The van der Waals surface area contributed by atoms with Crippen LogP contribution in [0.3, 0.4) is 0 Å². The van der Waals surface area contributed by atoms with Gasteiger partial charge in [-0.2, -0.15) is 0 Å². The Morgan fingerprint density at radius 1 is 1.00 bits per heavy atom. The number of aliphatic hydroxyl groups is 1. The van der Waals surface area contributed by atoms with Crippen LogP contribution in [0.25, 0.3) is 0 Å². The van der Waals surface area contributed by atoms with Crippen LogP contribution in [-0.2, 0) is 18.9 Å². The minimum atomic E-state index is -0.729. The maximum atomic E-state index is 10.3. The Balaban J connectivity index is 1.94. The molecule has 0 saturated carbocycles. The second kappa shape index (κ2) is 4.72. The third-order valence-electron chi connectivity index (χ3n) is 3.76. The van der Waals surface area contributed by atoms with Crippen LogP contribution >= 0.6 is 0 Å². The molecule has 0 bridgehead atoms. The smallest absolute Gasteiger partial charge is 0.168 e. The van der Waals surface area contributed by atoms with Gasteiger partial charge in [-0.25, -0.2) is 0 Å². The Hall–Kier alpha value is -0.200. The summed E-state index contributed by atoms with van der Waals surface area (Å²) in [7, 11) is 0. The van der Waals surface area contributed by atoms with Gasteiger partial charge in [0.1, 0.15) is 18.3 Å². The Kier molecular flexibility index (Phi) is 3.73. The zero-order chi connectivity index (χ0) is 13.6. The van der Waals surface area contributed by atoms with Gasteiger partial charge in [0, 0.05) is 5.92 Å². The predicted molar refractivity (Wildman–Crippen MR) is 65.0 cm³/mol. The van der Waals surface area contributed by atoms with E-state index in [0.29, 0.717) is 13.2 Å². The largest absolute Gasteiger partial charge is 0.388 e. The first-order valence-corrected chi connectivity index (χ1v) is 6.55. The summed E-state index contributed by atoms with van der Waals surface area (Å²) in [4.78, 5) is 0. The van der Waals surface area contributed by atoms with E-state index < -0.39 is 17.7 Å². The van der Waals surface area contributed by atoms with Gasteiger partial charge < -0.3 is 24.1 Å². The van der Waals surface area contributed by atoms with Crippen LogP contribution in [0.4, 0.5) is 0 Å². The molecule has 2 aliphatic rings. The van der Waals surface area contributed by atoms with Crippen molar-refractivity contribution in [3.05, 3.63) is 0 Å². The van der Waals surface area contributed by atoms with Crippen LogP contribution in [0, 0.1) is 5.92 Å². The minimum Gasteiger partial charge on any atom is -0.388 e. The Bertz CT molecular complexity index is 304. The summed E-state index contributed by atoms with van der Waals surface area (Å²) in [5.41, 5.74) is 0. The molecule has 5 nitrogen and oxygen atoms in total. The van der Waals surface area contributed by atoms with E-state index in [-0.39, 0.29) is 18.1 Å². The summed E-state index contributed by atoms with van der Waals surface area (Å²) in [6, 6.07) is 0. The van der Waals surface area contributed by atoms with E-state index in [1.807, 2.05) is 34.6 Å². The number of ether oxygens (including phenoxy) is 4. The van der Waals surface area contributed by atoms with E-state index in [0.717, 1.165) is 0 Å². The molecule has 1 N–H and O–H groups in total. The van der Waals surface area contributed by atoms with Gasteiger partial charge in [-0.05, 0) is 20.8 Å². The maximum absolute atomic E-state index is 10.3. The van der Waals surface area contributed by atoms with Gasteiger partial charge in [-0.15, -0.1) is 0 Å². The monoisotopic (exact) mass is 260 g/mol. The van der Waals surface area contributed by atoms with Gasteiger partial charge in [0.25, 0.3) is 0 Å². The molecule has 2 heterocycles. The molecule has 4 atom stereocenters. The quantitative estimate of drug-likeness (QED) is 0.828. The van der Waals surface area contributed by atoms with Crippen LogP contribution in [0.1, 0.15) is 34.6 Å². The molecule has 0 radical (unpaired) electrons. The lowest BCUT2D eigenvalue weighted by Crippen LogP contribution is -2.43. The van der Waals surface area contributed by atoms with E-state index in [4.69, 9.17) is 18.9 Å². The summed E-state index contributed by atoms with van der Waals surface area (Å²) in [5, 5.41) is 10.3. The molecule has 0 aromatic heterocycles. The lowest BCUT2D eigenvalue weighted by atomic mass is 10.1. The maximum Gasteiger partial charge on any atom is 0.168 e. The van der Waals surface area contributed by atoms with Crippen LogP contribution < -0.4 is 0 Å². The van der Waals surface area contributed by atoms with Gasteiger partial charge in [-0.3, -0.25) is 0 Å². The fourth-order valence-electron chi connectivity index (χ4n) is 2.21. The summed E-state index contributed by atoms with van der Waals surface area (Å²) in [6.45, 7) is 10.4. The normalized spacial score (nSPS) is 41.5. The van der Waals surface area contributed by atoms with Crippen molar-refractivity contribution in [1.82, 2.24) is 0 Å². The van der Waals surface area contributed by atoms with Gasteiger partial charge in [0.05, 0.1) is 13.2 Å². The summed E-state index contributed by atoms with van der Waals surface area (Å²) in [6.07, 6.45) is -1.45. The van der Waals surface area contributed by atoms with Crippen molar-refractivity contribution in [1.29, 1.82) is 0 Å². The topological polar surface area (TPSA) is 57.2 Å². The molecule has 106 valence electrons. The van der Waals surface area contributed by atoms with Crippen LogP contribution in [0.15, 0.2) is 0 Å². The lowest BCUT2D eigenvalue weighted by molar-refractivity contribution is -0.203. The van der Waals surface area contributed by atoms with Gasteiger partial charge >= 0.3 is 0 Å². The molecular weight excluding hydrogens is 236 g/mol. The molecule has 0 spiro atoms. The highest BCUT2D eigenvalue weighted by Gasteiger charge is 2.47. The third kappa shape index (κ3) is 2.70. The van der Waals surface area contributed by atoms with Crippen molar-refractivity contribution >= 4 is 0 Å². The van der Waals surface area contributed by atoms with Crippen molar-refractivity contribution in [2.24, 2.45) is 5.92 Å². The summed E-state index contributed by atoms with van der Waals surface area (Å²) in [5.74, 6) is -1.03. The molecular formula is C13H24O5. The molecule has 2 saturated heterocycles. The van der Waals surface area contributed by atoms with E-state index in [1.54, 1.807) is 0 Å². The van der Waals surface area contributed by atoms with Crippen LogP contribution in [0.5, 0.6) is 0 Å². The average Bonchev–Trinajstić information content (AvgIpc) is 2.82. The summed E-state index contributed by atoms with van der Waals surface area (Å²) >= 11 is 0. The zero-order valence-electron chi connectivity index (χ0n) is 11.8. The first-order chi connectivity index (χ1) is 8.23. The third-order valence-corrected chi connectivity index (χ3v) is 3.76. The zero-order valence-corrected chi connectivity index (χ0v) is 11.8. The van der Waals surface area contributed by atoms with Crippen molar-refractivity contribution < 1.29 is 24.1 Å². The van der Waals surface area contributed by atoms with Gasteiger partial charge in [-0.1, -0.05) is 13.8 Å². The second-order valence-electron chi connectivity index (χ2n) is 6.00. The predicted octanol–water partition coefficient (Wildman–Crippen LogP) is 1.29. The highest BCUT2D eigenvalue weighted by molar-refractivity contribution is 4.88.